The molecule has 0 bridgehead atoms. The van der Waals surface area contributed by atoms with E-state index in [0.717, 1.165) is 25.0 Å². The molecule has 1 aliphatic rings. The van der Waals surface area contributed by atoms with Crippen molar-refractivity contribution in [2.75, 3.05) is 20.1 Å². The first-order valence-electron chi connectivity index (χ1n) is 7.79. The van der Waals surface area contributed by atoms with Gasteiger partial charge in [-0.15, -0.1) is 24.0 Å². The first kappa shape index (κ1) is 18.3. The van der Waals surface area contributed by atoms with Crippen molar-refractivity contribution in [3.63, 3.8) is 0 Å². The smallest absolute Gasteiger partial charge is 0.190 e. The Morgan fingerprint density at radius 3 is 2.57 bits per heavy atom. The summed E-state index contributed by atoms with van der Waals surface area (Å²) in [6, 6.07) is 10.6. The highest BCUT2D eigenvalue weighted by Crippen LogP contribution is 2.33. The van der Waals surface area contributed by atoms with Gasteiger partial charge in [-0.25, -0.2) is 0 Å². The Morgan fingerprint density at radius 2 is 1.95 bits per heavy atom. The zero-order valence-corrected chi connectivity index (χ0v) is 15.5. The minimum absolute atomic E-state index is 0. The summed E-state index contributed by atoms with van der Waals surface area (Å²) in [5.41, 5.74) is 1.36. The highest BCUT2D eigenvalue weighted by molar-refractivity contribution is 14.0. The first-order valence-corrected chi connectivity index (χ1v) is 7.79. The van der Waals surface area contributed by atoms with E-state index in [1.807, 2.05) is 7.05 Å². The van der Waals surface area contributed by atoms with E-state index in [2.05, 4.69) is 52.9 Å². The summed E-state index contributed by atoms with van der Waals surface area (Å²) in [5, 5.41) is 6.81. The Morgan fingerprint density at radius 1 is 1.24 bits per heavy atom. The van der Waals surface area contributed by atoms with E-state index in [1.165, 1.54) is 31.2 Å². The van der Waals surface area contributed by atoms with E-state index < -0.39 is 0 Å². The van der Waals surface area contributed by atoms with Crippen molar-refractivity contribution in [1.29, 1.82) is 0 Å². The van der Waals surface area contributed by atoms with Gasteiger partial charge in [0.25, 0.3) is 0 Å². The number of nitrogens with zero attached hydrogens (tertiary/aromatic N) is 1. The summed E-state index contributed by atoms with van der Waals surface area (Å²) in [6.07, 6.45) is 5.51. The molecule has 0 radical (unpaired) electrons. The second-order valence-electron chi connectivity index (χ2n) is 5.78. The van der Waals surface area contributed by atoms with Gasteiger partial charge in [-0.3, -0.25) is 4.99 Å². The Labute approximate surface area is 146 Å². The average molecular weight is 401 g/mol. The molecule has 4 heteroatoms. The summed E-state index contributed by atoms with van der Waals surface area (Å²) in [4.78, 5) is 4.28. The maximum absolute atomic E-state index is 4.28. The van der Waals surface area contributed by atoms with Gasteiger partial charge in [0, 0.05) is 20.1 Å². The minimum Gasteiger partial charge on any atom is -0.356 e. The van der Waals surface area contributed by atoms with E-state index in [-0.39, 0.29) is 24.0 Å². The van der Waals surface area contributed by atoms with Crippen molar-refractivity contribution in [3.05, 3.63) is 35.9 Å². The monoisotopic (exact) mass is 401 g/mol. The van der Waals surface area contributed by atoms with Gasteiger partial charge >= 0.3 is 0 Å². The molecule has 3 nitrogen and oxygen atoms in total. The molecular formula is C17H28IN3. The van der Waals surface area contributed by atoms with Crippen LogP contribution in [-0.2, 0) is 0 Å². The molecule has 1 atom stereocenters. The molecule has 0 amide bonds. The molecule has 1 aliphatic carbocycles. The van der Waals surface area contributed by atoms with Crippen LogP contribution in [0.1, 0.15) is 44.1 Å². The molecule has 0 aromatic heterocycles. The average Bonchev–Trinajstić information content (AvgIpc) is 3.31. The predicted molar refractivity (Wildman–Crippen MR) is 102 cm³/mol. The highest BCUT2D eigenvalue weighted by atomic mass is 127. The fourth-order valence-corrected chi connectivity index (χ4v) is 2.37. The van der Waals surface area contributed by atoms with Gasteiger partial charge in [-0.1, -0.05) is 50.1 Å². The molecule has 21 heavy (non-hydrogen) atoms. The number of halogens is 1. The standard InChI is InChI=1S/C17H27N3.HI/c1-14(16-8-4-3-5-9-16)13-20-17(18-2)19-12-6-7-15-10-11-15;/h3-5,8-9,14-15H,6-7,10-13H2,1-2H3,(H2,18,19,20);1H. The molecule has 118 valence electrons. The first-order chi connectivity index (χ1) is 9.79. The molecule has 1 aromatic carbocycles. The number of rotatable bonds is 7. The van der Waals surface area contributed by atoms with Crippen molar-refractivity contribution in [2.45, 2.75) is 38.5 Å². The highest BCUT2D eigenvalue weighted by Gasteiger charge is 2.19. The topological polar surface area (TPSA) is 36.4 Å². The van der Waals surface area contributed by atoms with Gasteiger partial charge in [0.2, 0.25) is 0 Å². The molecule has 1 unspecified atom stereocenters. The molecule has 0 saturated heterocycles. The van der Waals surface area contributed by atoms with E-state index in [0.29, 0.717) is 5.92 Å². The van der Waals surface area contributed by atoms with Crippen molar-refractivity contribution in [1.82, 2.24) is 10.6 Å². The van der Waals surface area contributed by atoms with Crippen molar-refractivity contribution >= 4 is 29.9 Å². The van der Waals surface area contributed by atoms with Gasteiger partial charge in [-0.2, -0.15) is 0 Å². The van der Waals surface area contributed by atoms with Crippen molar-refractivity contribution in [2.24, 2.45) is 10.9 Å². The van der Waals surface area contributed by atoms with Crippen LogP contribution in [0.25, 0.3) is 0 Å². The summed E-state index contributed by atoms with van der Waals surface area (Å²) in [7, 11) is 1.84. The van der Waals surface area contributed by atoms with Crippen molar-refractivity contribution in [3.8, 4) is 0 Å². The quantitative estimate of drug-likeness (QED) is 0.316. The van der Waals surface area contributed by atoms with Crippen molar-refractivity contribution < 1.29 is 0 Å². The zero-order valence-electron chi connectivity index (χ0n) is 13.1. The molecule has 1 saturated carbocycles. The fourth-order valence-electron chi connectivity index (χ4n) is 2.37. The zero-order chi connectivity index (χ0) is 14.2. The Balaban J connectivity index is 0.00000220. The van der Waals surface area contributed by atoms with Crippen LogP contribution in [0.5, 0.6) is 0 Å². The minimum atomic E-state index is 0. The van der Waals surface area contributed by atoms with Crippen LogP contribution >= 0.6 is 24.0 Å². The largest absolute Gasteiger partial charge is 0.356 e. The summed E-state index contributed by atoms with van der Waals surface area (Å²) in [6.45, 7) is 4.17. The van der Waals surface area contributed by atoms with Gasteiger partial charge in [0.1, 0.15) is 0 Å². The van der Waals surface area contributed by atoms with Crippen LogP contribution in [0.15, 0.2) is 35.3 Å². The molecular weight excluding hydrogens is 373 g/mol. The molecule has 2 N–H and O–H groups in total. The number of benzene rings is 1. The van der Waals surface area contributed by atoms with Crippen LogP contribution in [-0.4, -0.2) is 26.1 Å². The second kappa shape index (κ2) is 10.0. The van der Waals surface area contributed by atoms with E-state index in [9.17, 15) is 0 Å². The van der Waals surface area contributed by atoms with E-state index in [4.69, 9.17) is 0 Å². The molecule has 0 spiro atoms. The van der Waals surface area contributed by atoms with Gasteiger partial charge in [0.15, 0.2) is 5.96 Å². The third-order valence-corrected chi connectivity index (χ3v) is 3.95. The van der Waals surface area contributed by atoms with Gasteiger partial charge < -0.3 is 10.6 Å². The molecule has 2 rings (SSSR count). The lowest BCUT2D eigenvalue weighted by atomic mass is 10.0. The van der Waals surface area contributed by atoms with Crippen LogP contribution in [0.3, 0.4) is 0 Å². The third kappa shape index (κ3) is 7.16. The van der Waals surface area contributed by atoms with Crippen LogP contribution in [0, 0.1) is 5.92 Å². The molecule has 0 heterocycles. The maximum atomic E-state index is 4.28. The predicted octanol–water partition coefficient (Wildman–Crippen LogP) is 3.76. The van der Waals surface area contributed by atoms with E-state index >= 15 is 0 Å². The summed E-state index contributed by atoms with van der Waals surface area (Å²) < 4.78 is 0. The number of nitrogens with one attached hydrogen (secondary N) is 2. The lowest BCUT2D eigenvalue weighted by molar-refractivity contribution is 0.638. The van der Waals surface area contributed by atoms with Gasteiger partial charge in [0.05, 0.1) is 0 Å². The third-order valence-electron chi connectivity index (χ3n) is 3.95. The fraction of sp³-hybridized carbons (Fsp3) is 0.588. The number of guanidine groups is 1. The summed E-state index contributed by atoms with van der Waals surface area (Å²) >= 11 is 0. The molecule has 1 aromatic rings. The lowest BCUT2D eigenvalue weighted by Gasteiger charge is -2.16. The number of hydrogen-bond acceptors (Lipinski definition) is 1. The number of aliphatic imine (C=N–C) groups is 1. The Bertz CT molecular complexity index is 415. The van der Waals surface area contributed by atoms with Crippen LogP contribution < -0.4 is 10.6 Å². The Hall–Kier alpha value is -0.780. The summed E-state index contributed by atoms with van der Waals surface area (Å²) in [5.74, 6) is 2.43. The van der Waals surface area contributed by atoms with Crippen LogP contribution in [0.2, 0.25) is 0 Å². The lowest BCUT2D eigenvalue weighted by Crippen LogP contribution is -2.39. The maximum Gasteiger partial charge on any atom is 0.190 e. The molecule has 0 aliphatic heterocycles. The van der Waals surface area contributed by atoms with Crippen LogP contribution in [0.4, 0.5) is 0 Å². The number of hydrogen-bond donors (Lipinski definition) is 2. The SMILES string of the molecule is CN=C(NCCCC1CC1)NCC(C)c1ccccc1.I. The Kier molecular flexibility index (Phi) is 8.73. The van der Waals surface area contributed by atoms with E-state index in [1.54, 1.807) is 0 Å². The second-order valence-corrected chi connectivity index (χ2v) is 5.78. The normalized spacial score (nSPS) is 16.0. The molecule has 1 fully saturated rings. The van der Waals surface area contributed by atoms with Gasteiger partial charge in [-0.05, 0) is 30.2 Å².